The Balaban J connectivity index is 1.37. The molecule has 2 aromatic carbocycles. The maximum Gasteiger partial charge on any atom is 0.120 e. The van der Waals surface area contributed by atoms with Crippen molar-refractivity contribution in [2.45, 2.75) is 53.1 Å². The number of aromatic hydroxyl groups is 2. The molecule has 0 spiro atoms. The molecule has 5 rings (SSSR count). The molecule has 0 aliphatic rings. The first kappa shape index (κ1) is 28.9. The molecule has 0 amide bonds. The minimum Gasteiger partial charge on any atom is -0.508 e. The fourth-order valence-electron chi connectivity index (χ4n) is 5.10. The van der Waals surface area contributed by atoms with Gasteiger partial charge in [-0.2, -0.15) is 0 Å². The van der Waals surface area contributed by atoms with Crippen molar-refractivity contribution in [1.29, 1.82) is 0 Å². The zero-order chi connectivity index (χ0) is 29.3. The van der Waals surface area contributed by atoms with Crippen molar-refractivity contribution in [3.8, 4) is 11.5 Å². The topological polar surface area (TPSA) is 85.6 Å². The number of hydrogen-bond donors (Lipinski definition) is 2. The number of benzene rings is 2. The van der Waals surface area contributed by atoms with E-state index < -0.39 is 0 Å². The SMILES string of the molecule is Cc1ccc(O)c(CN(Cc2ccccn2)Cc2cccc(CN(Cc3ccccn3)Cc3cc(C)ccc3O)n2)c1. The largest absolute Gasteiger partial charge is 0.508 e. The van der Waals surface area contributed by atoms with E-state index in [4.69, 9.17) is 4.98 Å². The summed E-state index contributed by atoms with van der Waals surface area (Å²) in [6, 6.07) is 29.4. The number of rotatable bonds is 12. The molecule has 42 heavy (non-hydrogen) atoms. The van der Waals surface area contributed by atoms with Crippen LogP contribution in [0.25, 0.3) is 0 Å². The van der Waals surface area contributed by atoms with Crippen LogP contribution in [0.5, 0.6) is 11.5 Å². The molecule has 0 saturated heterocycles. The second-order valence-corrected chi connectivity index (χ2v) is 10.8. The van der Waals surface area contributed by atoms with Gasteiger partial charge in [0.05, 0.1) is 22.8 Å². The summed E-state index contributed by atoms with van der Waals surface area (Å²) in [7, 11) is 0. The lowest BCUT2D eigenvalue weighted by atomic mass is 10.1. The Hall–Kier alpha value is -4.59. The molecule has 7 heteroatoms. The van der Waals surface area contributed by atoms with Crippen molar-refractivity contribution in [2.24, 2.45) is 0 Å². The third-order valence-corrected chi connectivity index (χ3v) is 7.12. The molecule has 0 radical (unpaired) electrons. The normalized spacial score (nSPS) is 11.3. The van der Waals surface area contributed by atoms with Crippen molar-refractivity contribution < 1.29 is 10.2 Å². The summed E-state index contributed by atoms with van der Waals surface area (Å²) in [6.45, 7) is 7.63. The van der Waals surface area contributed by atoms with Crippen LogP contribution in [0.4, 0.5) is 0 Å². The summed E-state index contributed by atoms with van der Waals surface area (Å²) in [5.41, 5.74) is 7.75. The summed E-state index contributed by atoms with van der Waals surface area (Å²) in [5.74, 6) is 0.579. The Morgan fingerprint density at radius 1 is 0.500 bits per heavy atom. The van der Waals surface area contributed by atoms with Gasteiger partial charge in [0.2, 0.25) is 0 Å². The molecular weight excluding hydrogens is 522 g/mol. The number of phenolic OH excluding ortho intramolecular Hbond substituents is 2. The molecule has 0 unspecified atom stereocenters. The van der Waals surface area contributed by atoms with Gasteiger partial charge < -0.3 is 10.2 Å². The van der Waals surface area contributed by atoms with E-state index in [1.54, 1.807) is 24.5 Å². The average Bonchev–Trinajstić information content (AvgIpc) is 2.98. The summed E-state index contributed by atoms with van der Waals surface area (Å²) >= 11 is 0. The Kier molecular flexibility index (Phi) is 9.54. The molecule has 214 valence electrons. The van der Waals surface area contributed by atoms with E-state index in [-0.39, 0.29) is 11.5 Å². The van der Waals surface area contributed by atoms with Gasteiger partial charge in [0, 0.05) is 62.8 Å². The van der Waals surface area contributed by atoms with Crippen LogP contribution < -0.4 is 0 Å². The van der Waals surface area contributed by atoms with Crippen LogP contribution in [0.3, 0.4) is 0 Å². The minimum absolute atomic E-state index is 0.290. The predicted molar refractivity (Wildman–Crippen MR) is 164 cm³/mol. The fraction of sp³-hybridized carbons (Fsp3) is 0.229. The van der Waals surface area contributed by atoms with Gasteiger partial charge >= 0.3 is 0 Å². The Morgan fingerprint density at radius 3 is 1.36 bits per heavy atom. The van der Waals surface area contributed by atoms with E-state index >= 15 is 0 Å². The van der Waals surface area contributed by atoms with Gasteiger partial charge in [-0.15, -0.1) is 0 Å². The van der Waals surface area contributed by atoms with Gasteiger partial charge in [-0.05, 0) is 62.4 Å². The summed E-state index contributed by atoms with van der Waals surface area (Å²) < 4.78 is 0. The highest BCUT2D eigenvalue weighted by atomic mass is 16.3. The Labute approximate surface area is 247 Å². The highest BCUT2D eigenvalue weighted by Crippen LogP contribution is 2.24. The van der Waals surface area contributed by atoms with Crippen molar-refractivity contribution in [1.82, 2.24) is 24.8 Å². The number of aromatic nitrogens is 3. The number of aryl methyl sites for hydroxylation is 2. The summed E-state index contributed by atoms with van der Waals surface area (Å²) in [4.78, 5) is 18.6. The second-order valence-electron chi connectivity index (χ2n) is 10.8. The van der Waals surface area contributed by atoms with Crippen LogP contribution in [0.1, 0.15) is 45.0 Å². The molecule has 0 bridgehead atoms. The molecule has 0 saturated carbocycles. The molecule has 0 aliphatic heterocycles. The quantitative estimate of drug-likeness (QED) is 0.185. The molecule has 0 fully saturated rings. The zero-order valence-corrected chi connectivity index (χ0v) is 24.2. The van der Waals surface area contributed by atoms with Gasteiger partial charge in [0.1, 0.15) is 11.5 Å². The maximum absolute atomic E-state index is 10.6. The first-order valence-electron chi connectivity index (χ1n) is 14.2. The average molecular weight is 560 g/mol. The van der Waals surface area contributed by atoms with Gasteiger partial charge in [-0.1, -0.05) is 53.6 Å². The Bertz CT molecular complexity index is 1480. The Morgan fingerprint density at radius 2 is 0.929 bits per heavy atom. The maximum atomic E-state index is 10.6. The van der Waals surface area contributed by atoms with E-state index in [9.17, 15) is 10.2 Å². The first-order valence-corrected chi connectivity index (χ1v) is 14.2. The molecule has 7 nitrogen and oxygen atoms in total. The van der Waals surface area contributed by atoms with Crippen molar-refractivity contribution in [2.75, 3.05) is 0 Å². The van der Waals surface area contributed by atoms with Crippen LogP contribution in [0.2, 0.25) is 0 Å². The molecule has 0 aliphatic carbocycles. The third-order valence-electron chi connectivity index (χ3n) is 7.12. The van der Waals surface area contributed by atoms with E-state index in [0.717, 1.165) is 45.0 Å². The van der Waals surface area contributed by atoms with Crippen LogP contribution in [0, 0.1) is 13.8 Å². The highest BCUT2D eigenvalue weighted by molar-refractivity contribution is 5.36. The predicted octanol–water partition coefficient (Wildman–Crippen LogP) is 6.30. The van der Waals surface area contributed by atoms with E-state index in [2.05, 4.69) is 19.8 Å². The molecule has 2 N–H and O–H groups in total. The molecule has 0 atom stereocenters. The monoisotopic (exact) mass is 559 g/mol. The van der Waals surface area contributed by atoms with Crippen LogP contribution >= 0.6 is 0 Å². The number of pyridine rings is 3. The van der Waals surface area contributed by atoms with E-state index in [0.29, 0.717) is 39.3 Å². The van der Waals surface area contributed by atoms with Crippen molar-refractivity contribution in [3.63, 3.8) is 0 Å². The van der Waals surface area contributed by atoms with E-state index in [1.807, 2.05) is 92.7 Å². The van der Waals surface area contributed by atoms with Crippen molar-refractivity contribution in [3.05, 3.63) is 148 Å². The second kappa shape index (κ2) is 13.9. The highest BCUT2D eigenvalue weighted by Gasteiger charge is 2.16. The molecule has 3 heterocycles. The lowest BCUT2D eigenvalue weighted by molar-refractivity contribution is 0.231. The van der Waals surface area contributed by atoms with Crippen LogP contribution in [0.15, 0.2) is 103 Å². The molecule has 5 aromatic rings. The van der Waals surface area contributed by atoms with Gasteiger partial charge in [-0.25, -0.2) is 0 Å². The minimum atomic E-state index is 0.290. The molecular formula is C35H37N5O2. The lowest BCUT2D eigenvalue weighted by Crippen LogP contribution is -2.25. The summed E-state index contributed by atoms with van der Waals surface area (Å²) in [5, 5.41) is 21.1. The van der Waals surface area contributed by atoms with Gasteiger partial charge in [-0.3, -0.25) is 24.8 Å². The summed E-state index contributed by atoms with van der Waals surface area (Å²) in [6.07, 6.45) is 3.61. The zero-order valence-electron chi connectivity index (χ0n) is 24.2. The first-order chi connectivity index (χ1) is 20.4. The molecule has 3 aromatic heterocycles. The lowest BCUT2D eigenvalue weighted by Gasteiger charge is -2.24. The van der Waals surface area contributed by atoms with Gasteiger partial charge in [0.25, 0.3) is 0 Å². The standard InChI is InChI=1S/C35H37N5O2/c1-26-12-14-34(41)28(18-26)20-39(22-30-8-3-5-16-36-30)24-32-10-7-11-33(38-32)25-40(23-31-9-4-6-17-37-31)21-29-19-27(2)13-15-35(29)42/h3-19,41-42H,20-25H2,1-2H3. The number of hydrogen-bond acceptors (Lipinski definition) is 7. The van der Waals surface area contributed by atoms with Crippen molar-refractivity contribution >= 4 is 0 Å². The fourth-order valence-corrected chi connectivity index (χ4v) is 5.10. The van der Waals surface area contributed by atoms with E-state index in [1.165, 1.54) is 0 Å². The van der Waals surface area contributed by atoms with Crippen LogP contribution in [-0.2, 0) is 39.3 Å². The smallest absolute Gasteiger partial charge is 0.120 e. The number of phenols is 2. The van der Waals surface area contributed by atoms with Gasteiger partial charge in [0.15, 0.2) is 0 Å². The van der Waals surface area contributed by atoms with Crippen LogP contribution in [-0.4, -0.2) is 35.0 Å². The third kappa shape index (κ3) is 8.22. The number of nitrogens with zero attached hydrogens (tertiary/aromatic N) is 5.